The summed E-state index contributed by atoms with van der Waals surface area (Å²) in [5.41, 5.74) is 1.20. The molecule has 3 nitrogen and oxygen atoms in total. The molecule has 1 N–H and O–H groups in total. The third-order valence-electron chi connectivity index (χ3n) is 3.91. The monoisotopic (exact) mass is 280 g/mol. The van der Waals surface area contributed by atoms with Gasteiger partial charge in [0, 0.05) is 13.1 Å². The van der Waals surface area contributed by atoms with Crippen molar-refractivity contribution in [3.8, 4) is 0 Å². The summed E-state index contributed by atoms with van der Waals surface area (Å²) in [6, 6.07) is 2.08. The van der Waals surface area contributed by atoms with E-state index in [0.717, 1.165) is 56.2 Å². The van der Waals surface area contributed by atoms with E-state index in [4.69, 9.17) is 0 Å². The van der Waals surface area contributed by atoms with Crippen molar-refractivity contribution in [2.75, 3.05) is 26.2 Å². The molecule has 1 fully saturated rings. The van der Waals surface area contributed by atoms with Crippen LogP contribution in [-0.2, 0) is 6.42 Å². The van der Waals surface area contributed by atoms with Crippen LogP contribution in [0.1, 0.15) is 41.9 Å². The zero-order valence-corrected chi connectivity index (χ0v) is 12.8. The zero-order chi connectivity index (χ0) is 13.7. The molecule has 2 heterocycles. The molecular weight excluding hydrogens is 256 g/mol. The lowest BCUT2D eigenvalue weighted by Gasteiger charge is -2.32. The number of hydrogen-bond donors (Lipinski definition) is 1. The third-order valence-corrected chi connectivity index (χ3v) is 4.85. The van der Waals surface area contributed by atoms with Crippen molar-refractivity contribution >= 4 is 17.2 Å². The van der Waals surface area contributed by atoms with Crippen LogP contribution < -0.4 is 5.32 Å². The summed E-state index contributed by atoms with van der Waals surface area (Å²) in [6.45, 7) is 8.21. The zero-order valence-electron chi connectivity index (χ0n) is 11.9. The van der Waals surface area contributed by atoms with Gasteiger partial charge < -0.3 is 10.2 Å². The molecule has 1 aromatic heterocycles. The summed E-state index contributed by atoms with van der Waals surface area (Å²) < 4.78 is 0. The maximum absolute atomic E-state index is 12.5. The molecule has 0 bridgehead atoms. The first-order chi connectivity index (χ1) is 9.26. The van der Waals surface area contributed by atoms with E-state index in [1.807, 2.05) is 10.3 Å². The second-order valence-electron chi connectivity index (χ2n) is 5.17. The average molecular weight is 280 g/mol. The highest BCUT2D eigenvalue weighted by molar-refractivity contribution is 7.12. The van der Waals surface area contributed by atoms with E-state index in [2.05, 4.69) is 25.2 Å². The van der Waals surface area contributed by atoms with E-state index in [1.165, 1.54) is 5.56 Å². The minimum atomic E-state index is 0.244. The van der Waals surface area contributed by atoms with E-state index in [1.54, 1.807) is 11.3 Å². The first-order valence-corrected chi connectivity index (χ1v) is 8.20. The maximum atomic E-state index is 12.5. The van der Waals surface area contributed by atoms with Crippen LogP contribution in [0.4, 0.5) is 0 Å². The molecule has 0 saturated carbocycles. The molecule has 0 unspecified atom stereocenters. The molecule has 1 aliphatic rings. The van der Waals surface area contributed by atoms with Crippen LogP contribution in [0.3, 0.4) is 0 Å². The molecule has 0 aromatic carbocycles. The topological polar surface area (TPSA) is 32.3 Å². The standard InChI is InChI=1S/C15H24N2OS/c1-3-13-7-10-19-14(13)15(18)17-8-5-12(6-9-17)11-16-4-2/h7,10,12,16H,3-6,8-9,11H2,1-2H3. The molecule has 2 rings (SSSR count). The lowest BCUT2D eigenvalue weighted by molar-refractivity contribution is 0.0694. The van der Waals surface area contributed by atoms with Crippen molar-refractivity contribution in [1.29, 1.82) is 0 Å². The van der Waals surface area contributed by atoms with Crippen LogP contribution in [0, 0.1) is 5.92 Å². The Balaban J connectivity index is 1.89. The number of likely N-dealkylation sites (tertiary alicyclic amines) is 1. The van der Waals surface area contributed by atoms with E-state index in [9.17, 15) is 4.79 Å². The highest BCUT2D eigenvalue weighted by atomic mass is 32.1. The first kappa shape index (κ1) is 14.5. The molecule has 1 amide bonds. The van der Waals surface area contributed by atoms with Gasteiger partial charge in [0.05, 0.1) is 4.88 Å². The molecule has 0 spiro atoms. The Morgan fingerprint density at radius 1 is 1.42 bits per heavy atom. The average Bonchev–Trinajstić information content (AvgIpc) is 2.93. The van der Waals surface area contributed by atoms with Crippen molar-refractivity contribution in [3.05, 3.63) is 21.9 Å². The first-order valence-electron chi connectivity index (χ1n) is 7.32. The van der Waals surface area contributed by atoms with Crippen molar-refractivity contribution in [1.82, 2.24) is 10.2 Å². The van der Waals surface area contributed by atoms with Gasteiger partial charge in [-0.3, -0.25) is 4.79 Å². The number of rotatable bonds is 5. The highest BCUT2D eigenvalue weighted by Crippen LogP contribution is 2.23. The quantitative estimate of drug-likeness (QED) is 0.899. The fourth-order valence-corrected chi connectivity index (χ4v) is 3.60. The summed E-state index contributed by atoms with van der Waals surface area (Å²) in [6.07, 6.45) is 3.21. The van der Waals surface area contributed by atoms with Gasteiger partial charge in [0.2, 0.25) is 0 Å². The molecule has 19 heavy (non-hydrogen) atoms. The number of hydrogen-bond acceptors (Lipinski definition) is 3. The number of carbonyl (C=O) groups is 1. The van der Waals surface area contributed by atoms with E-state index >= 15 is 0 Å². The molecule has 1 aliphatic heterocycles. The predicted octanol–water partition coefficient (Wildman–Crippen LogP) is 2.77. The van der Waals surface area contributed by atoms with Crippen LogP contribution in [0.5, 0.6) is 0 Å². The molecule has 0 radical (unpaired) electrons. The predicted molar refractivity (Wildman–Crippen MR) is 80.9 cm³/mol. The van der Waals surface area contributed by atoms with Gasteiger partial charge in [0.15, 0.2) is 0 Å². The normalized spacial score (nSPS) is 16.8. The lowest BCUT2D eigenvalue weighted by Crippen LogP contribution is -2.40. The minimum Gasteiger partial charge on any atom is -0.338 e. The minimum absolute atomic E-state index is 0.244. The summed E-state index contributed by atoms with van der Waals surface area (Å²) in [5, 5.41) is 5.44. The van der Waals surface area contributed by atoms with Crippen LogP contribution in [0.2, 0.25) is 0 Å². The van der Waals surface area contributed by atoms with Crippen molar-refractivity contribution in [2.45, 2.75) is 33.1 Å². The Morgan fingerprint density at radius 3 is 2.79 bits per heavy atom. The fraction of sp³-hybridized carbons (Fsp3) is 0.667. The van der Waals surface area contributed by atoms with Crippen LogP contribution in [0.25, 0.3) is 0 Å². The van der Waals surface area contributed by atoms with Gasteiger partial charge >= 0.3 is 0 Å². The molecule has 0 atom stereocenters. The van der Waals surface area contributed by atoms with Crippen molar-refractivity contribution < 1.29 is 4.79 Å². The molecule has 1 aromatic rings. The number of piperidine rings is 1. The number of nitrogens with one attached hydrogen (secondary N) is 1. The van der Waals surface area contributed by atoms with Gasteiger partial charge in [0.1, 0.15) is 0 Å². The Morgan fingerprint density at radius 2 is 2.16 bits per heavy atom. The van der Waals surface area contributed by atoms with Crippen LogP contribution in [-0.4, -0.2) is 37.0 Å². The summed E-state index contributed by atoms with van der Waals surface area (Å²) >= 11 is 1.59. The number of carbonyl (C=O) groups excluding carboxylic acids is 1. The Bertz CT molecular complexity index is 408. The maximum Gasteiger partial charge on any atom is 0.264 e. The lowest BCUT2D eigenvalue weighted by atomic mass is 9.96. The van der Waals surface area contributed by atoms with Gasteiger partial charge in [-0.05, 0) is 55.3 Å². The number of thiophene rings is 1. The largest absolute Gasteiger partial charge is 0.338 e. The smallest absolute Gasteiger partial charge is 0.264 e. The van der Waals surface area contributed by atoms with Gasteiger partial charge in [-0.25, -0.2) is 0 Å². The SMILES string of the molecule is CCNCC1CCN(C(=O)c2sccc2CC)CC1. The summed E-state index contributed by atoms with van der Waals surface area (Å²) in [5.74, 6) is 0.978. The number of aryl methyl sites for hydroxylation is 1. The fourth-order valence-electron chi connectivity index (χ4n) is 2.63. The Hall–Kier alpha value is -0.870. The number of nitrogens with zero attached hydrogens (tertiary/aromatic N) is 1. The molecule has 1 saturated heterocycles. The molecule has 106 valence electrons. The van der Waals surface area contributed by atoms with Gasteiger partial charge in [-0.2, -0.15) is 0 Å². The van der Waals surface area contributed by atoms with Gasteiger partial charge in [0.25, 0.3) is 5.91 Å². The Kier molecular flexibility index (Phi) is 5.40. The van der Waals surface area contributed by atoms with Gasteiger partial charge in [-0.15, -0.1) is 11.3 Å². The second-order valence-corrected chi connectivity index (χ2v) is 6.09. The molecular formula is C15H24N2OS. The van der Waals surface area contributed by atoms with Crippen molar-refractivity contribution in [3.63, 3.8) is 0 Å². The van der Waals surface area contributed by atoms with Crippen LogP contribution >= 0.6 is 11.3 Å². The summed E-state index contributed by atoms with van der Waals surface area (Å²) in [7, 11) is 0. The molecule has 0 aliphatic carbocycles. The van der Waals surface area contributed by atoms with Crippen molar-refractivity contribution in [2.24, 2.45) is 5.92 Å². The highest BCUT2D eigenvalue weighted by Gasteiger charge is 2.25. The second kappa shape index (κ2) is 7.06. The number of amides is 1. The molecule has 4 heteroatoms. The van der Waals surface area contributed by atoms with Crippen LogP contribution in [0.15, 0.2) is 11.4 Å². The van der Waals surface area contributed by atoms with E-state index < -0.39 is 0 Å². The van der Waals surface area contributed by atoms with Gasteiger partial charge in [-0.1, -0.05) is 13.8 Å². The van der Waals surface area contributed by atoms with E-state index in [-0.39, 0.29) is 5.91 Å². The Labute approximate surface area is 120 Å². The third kappa shape index (κ3) is 3.57. The summed E-state index contributed by atoms with van der Waals surface area (Å²) in [4.78, 5) is 15.5. The van der Waals surface area contributed by atoms with E-state index in [0.29, 0.717) is 0 Å².